The summed E-state index contributed by atoms with van der Waals surface area (Å²) in [6.45, 7) is 0. The van der Waals surface area contributed by atoms with Gasteiger partial charge in [0.2, 0.25) is 6.10 Å². The molecule has 0 unspecified atom stereocenters. The number of hydrogen-bond donors (Lipinski definition) is 2. The van der Waals surface area contributed by atoms with Gasteiger partial charge in [-0.2, -0.15) is 0 Å². The average Bonchev–Trinajstić information content (AvgIpc) is 3.06. The second-order valence-electron chi connectivity index (χ2n) is 5.32. The van der Waals surface area contributed by atoms with Crippen molar-refractivity contribution >= 4 is 17.9 Å². The third kappa shape index (κ3) is 4.95. The van der Waals surface area contributed by atoms with Crippen LogP contribution in [0.4, 0.5) is 4.79 Å². The molecule has 1 aromatic rings. The van der Waals surface area contributed by atoms with Crippen LogP contribution in [-0.4, -0.2) is 25.0 Å². The Morgan fingerprint density at radius 1 is 1.26 bits per heavy atom. The average molecular weight is 316 g/mol. The summed E-state index contributed by atoms with van der Waals surface area (Å²) in [4.78, 5) is 35.7. The van der Waals surface area contributed by atoms with Crippen molar-refractivity contribution < 1.29 is 19.1 Å². The fraction of sp³-hybridized carbons (Fsp3) is 0.353. The predicted octanol–water partition coefficient (Wildman–Crippen LogP) is 2.08. The topological polar surface area (TPSA) is 84.5 Å². The van der Waals surface area contributed by atoms with Crippen LogP contribution in [0.3, 0.4) is 0 Å². The van der Waals surface area contributed by atoms with Gasteiger partial charge in [0, 0.05) is 12.6 Å². The van der Waals surface area contributed by atoms with Crippen LogP contribution in [-0.2, 0) is 14.3 Å². The summed E-state index contributed by atoms with van der Waals surface area (Å²) in [6.07, 6.45) is 4.97. The summed E-state index contributed by atoms with van der Waals surface area (Å²) in [5.41, 5.74) is 0.518. The highest BCUT2D eigenvalue weighted by atomic mass is 16.5. The molecule has 3 amide bonds. The van der Waals surface area contributed by atoms with E-state index < -0.39 is 24.0 Å². The van der Waals surface area contributed by atoms with Crippen molar-refractivity contribution in [2.75, 3.05) is 7.05 Å². The molecular weight excluding hydrogens is 296 g/mol. The van der Waals surface area contributed by atoms with E-state index in [1.54, 1.807) is 30.3 Å². The van der Waals surface area contributed by atoms with Gasteiger partial charge >= 0.3 is 12.0 Å². The number of amides is 3. The maximum Gasteiger partial charge on any atom is 0.321 e. The Hall–Kier alpha value is -2.63. The normalized spacial score (nSPS) is 17.3. The highest BCUT2D eigenvalue weighted by Crippen LogP contribution is 2.24. The largest absolute Gasteiger partial charge is 0.447 e. The fourth-order valence-electron chi connectivity index (χ4n) is 2.40. The molecule has 0 heterocycles. The van der Waals surface area contributed by atoms with Gasteiger partial charge in [-0.25, -0.2) is 4.79 Å². The zero-order valence-electron chi connectivity index (χ0n) is 13.0. The van der Waals surface area contributed by atoms with Crippen LogP contribution in [0.25, 0.3) is 0 Å². The molecule has 0 spiro atoms. The SMILES string of the molecule is CNC(=O)NC(=O)[C@@H](OC(=O)C[C@H]1C=CCC1)c1ccccc1. The summed E-state index contributed by atoms with van der Waals surface area (Å²) in [5.74, 6) is -0.978. The minimum atomic E-state index is -1.15. The lowest BCUT2D eigenvalue weighted by molar-refractivity contribution is -0.156. The molecule has 1 aromatic carbocycles. The van der Waals surface area contributed by atoms with E-state index in [2.05, 4.69) is 10.6 Å². The van der Waals surface area contributed by atoms with E-state index in [0.717, 1.165) is 12.8 Å². The number of carbonyl (C=O) groups is 3. The van der Waals surface area contributed by atoms with E-state index in [4.69, 9.17) is 4.74 Å². The van der Waals surface area contributed by atoms with Gasteiger partial charge in [-0.15, -0.1) is 0 Å². The zero-order valence-corrected chi connectivity index (χ0v) is 13.0. The van der Waals surface area contributed by atoms with Crippen LogP contribution >= 0.6 is 0 Å². The van der Waals surface area contributed by atoms with E-state index in [9.17, 15) is 14.4 Å². The molecule has 6 heteroatoms. The van der Waals surface area contributed by atoms with Crippen LogP contribution in [0.2, 0.25) is 0 Å². The third-order valence-corrected chi connectivity index (χ3v) is 3.59. The zero-order chi connectivity index (χ0) is 16.7. The number of ether oxygens (including phenoxy) is 1. The highest BCUT2D eigenvalue weighted by Gasteiger charge is 2.27. The molecule has 0 aliphatic heterocycles. The number of carbonyl (C=O) groups excluding carboxylic acids is 3. The van der Waals surface area contributed by atoms with E-state index >= 15 is 0 Å². The van der Waals surface area contributed by atoms with E-state index in [-0.39, 0.29) is 12.3 Å². The second kappa shape index (κ2) is 8.12. The molecule has 6 nitrogen and oxygen atoms in total. The quantitative estimate of drug-likeness (QED) is 0.643. The molecule has 122 valence electrons. The molecule has 23 heavy (non-hydrogen) atoms. The van der Waals surface area contributed by atoms with Gasteiger partial charge in [0.25, 0.3) is 5.91 Å². The Morgan fingerprint density at radius 3 is 2.61 bits per heavy atom. The van der Waals surface area contributed by atoms with Crippen molar-refractivity contribution in [2.24, 2.45) is 5.92 Å². The molecule has 0 aromatic heterocycles. The van der Waals surface area contributed by atoms with Crippen LogP contribution in [0.5, 0.6) is 0 Å². The molecule has 1 aliphatic rings. The number of imide groups is 1. The van der Waals surface area contributed by atoms with Crippen LogP contribution in [0, 0.1) is 5.92 Å². The molecule has 0 saturated heterocycles. The third-order valence-electron chi connectivity index (χ3n) is 3.59. The van der Waals surface area contributed by atoms with E-state index in [1.165, 1.54) is 7.05 Å². The first kappa shape index (κ1) is 16.7. The maximum atomic E-state index is 12.2. The smallest absolute Gasteiger partial charge is 0.321 e. The molecule has 2 rings (SSSR count). The van der Waals surface area contributed by atoms with Gasteiger partial charge in [0.15, 0.2) is 0 Å². The van der Waals surface area contributed by atoms with Crippen molar-refractivity contribution in [2.45, 2.75) is 25.4 Å². The molecule has 0 bridgehead atoms. The van der Waals surface area contributed by atoms with Crippen LogP contribution in [0.15, 0.2) is 42.5 Å². The van der Waals surface area contributed by atoms with Gasteiger partial charge in [-0.05, 0) is 18.8 Å². The molecular formula is C17H20N2O4. The van der Waals surface area contributed by atoms with Crippen molar-refractivity contribution in [1.82, 2.24) is 10.6 Å². The lowest BCUT2D eigenvalue weighted by atomic mass is 10.1. The Kier molecular flexibility index (Phi) is 5.91. The van der Waals surface area contributed by atoms with Crippen molar-refractivity contribution in [3.63, 3.8) is 0 Å². The Morgan fingerprint density at radius 2 is 2.00 bits per heavy atom. The monoisotopic (exact) mass is 316 g/mol. The molecule has 0 fully saturated rings. The van der Waals surface area contributed by atoms with Crippen molar-refractivity contribution in [3.8, 4) is 0 Å². The highest BCUT2D eigenvalue weighted by molar-refractivity contribution is 5.97. The summed E-state index contributed by atoms with van der Waals surface area (Å²) >= 11 is 0. The Bertz CT molecular complexity index is 598. The number of esters is 1. The first-order chi connectivity index (χ1) is 11.1. The van der Waals surface area contributed by atoms with Gasteiger partial charge in [-0.1, -0.05) is 42.5 Å². The van der Waals surface area contributed by atoms with E-state index in [0.29, 0.717) is 5.56 Å². The number of benzene rings is 1. The predicted molar refractivity (Wildman–Crippen MR) is 84.4 cm³/mol. The number of allylic oxidation sites excluding steroid dienone is 2. The summed E-state index contributed by atoms with van der Waals surface area (Å²) in [7, 11) is 1.40. The summed E-state index contributed by atoms with van der Waals surface area (Å²) in [5, 5.41) is 4.44. The fourth-order valence-corrected chi connectivity index (χ4v) is 2.40. The Labute approximate surface area is 134 Å². The first-order valence-corrected chi connectivity index (χ1v) is 7.54. The molecule has 1 aliphatic carbocycles. The molecule has 2 atom stereocenters. The van der Waals surface area contributed by atoms with Gasteiger partial charge < -0.3 is 10.1 Å². The summed E-state index contributed by atoms with van der Waals surface area (Å²) in [6, 6.07) is 7.98. The number of hydrogen-bond acceptors (Lipinski definition) is 4. The number of rotatable bonds is 5. The van der Waals surface area contributed by atoms with Crippen molar-refractivity contribution in [1.29, 1.82) is 0 Å². The summed E-state index contributed by atoms with van der Waals surface area (Å²) < 4.78 is 5.34. The van der Waals surface area contributed by atoms with Crippen LogP contribution < -0.4 is 10.6 Å². The minimum absolute atomic E-state index is 0.154. The first-order valence-electron chi connectivity index (χ1n) is 7.54. The lowest BCUT2D eigenvalue weighted by Gasteiger charge is -2.18. The van der Waals surface area contributed by atoms with Crippen LogP contribution in [0.1, 0.15) is 30.9 Å². The standard InChI is InChI=1S/C17H20N2O4/c1-18-17(22)19-16(21)15(13-9-3-2-4-10-13)23-14(20)11-12-7-5-6-8-12/h2-5,7,9-10,12,15H,6,8,11H2,1H3,(H2,18,19,21,22)/t12-,15-/m0/s1. The lowest BCUT2D eigenvalue weighted by Crippen LogP contribution is -2.41. The van der Waals surface area contributed by atoms with Crippen molar-refractivity contribution in [3.05, 3.63) is 48.0 Å². The molecule has 0 radical (unpaired) electrons. The molecule has 2 N–H and O–H groups in total. The molecule has 0 saturated carbocycles. The van der Waals surface area contributed by atoms with Gasteiger partial charge in [0.1, 0.15) is 0 Å². The van der Waals surface area contributed by atoms with E-state index in [1.807, 2.05) is 12.2 Å². The second-order valence-corrected chi connectivity index (χ2v) is 5.32. The Balaban J connectivity index is 2.06. The number of nitrogens with one attached hydrogen (secondary N) is 2. The van der Waals surface area contributed by atoms with Gasteiger partial charge in [-0.3, -0.25) is 14.9 Å². The maximum absolute atomic E-state index is 12.2. The number of urea groups is 1. The minimum Gasteiger partial charge on any atom is -0.447 e. The van der Waals surface area contributed by atoms with Gasteiger partial charge in [0.05, 0.1) is 6.42 Å².